The van der Waals surface area contributed by atoms with E-state index < -0.39 is 0 Å². The fourth-order valence-electron chi connectivity index (χ4n) is 4.99. The minimum atomic E-state index is -0.357. The van der Waals surface area contributed by atoms with Crippen molar-refractivity contribution in [2.75, 3.05) is 5.32 Å². The highest BCUT2D eigenvalue weighted by Crippen LogP contribution is 2.58. The summed E-state index contributed by atoms with van der Waals surface area (Å²) in [7, 11) is 0. The first-order valence-electron chi connectivity index (χ1n) is 10.3. The molecule has 4 nitrogen and oxygen atoms in total. The number of nitro benzene ring substituents is 1. The van der Waals surface area contributed by atoms with Crippen LogP contribution in [0.5, 0.6) is 0 Å². The zero-order valence-electron chi connectivity index (χ0n) is 16.8. The molecule has 0 amide bonds. The molecule has 0 aromatic heterocycles. The Hall–Kier alpha value is -2.09. The molecule has 0 unspecified atom stereocenters. The first-order valence-corrected chi connectivity index (χ1v) is 12.4. The van der Waals surface area contributed by atoms with Crippen LogP contribution in [0.1, 0.15) is 29.5 Å². The van der Waals surface area contributed by atoms with E-state index in [0.29, 0.717) is 16.9 Å². The predicted octanol–water partition coefficient (Wildman–Crippen LogP) is 7.54. The smallest absolute Gasteiger partial charge is 0.282 e. The van der Waals surface area contributed by atoms with Gasteiger partial charge in [0, 0.05) is 33.0 Å². The number of alkyl halides is 1. The Morgan fingerprint density at radius 2 is 1.84 bits per heavy atom. The number of fused-ring (bicyclic) bond motifs is 3. The van der Waals surface area contributed by atoms with Gasteiger partial charge in [-0.25, -0.2) is 4.39 Å². The number of nitrogens with one attached hydrogen (secondary N) is 1. The van der Waals surface area contributed by atoms with E-state index >= 15 is 0 Å². The lowest BCUT2D eigenvalue weighted by atomic mass is 9.77. The largest absolute Gasteiger partial charge is 0.378 e. The van der Waals surface area contributed by atoms with Gasteiger partial charge >= 0.3 is 0 Å². The van der Waals surface area contributed by atoms with E-state index in [1.807, 2.05) is 24.3 Å². The van der Waals surface area contributed by atoms with Gasteiger partial charge in [-0.05, 0) is 48.2 Å². The molecular weight excluding hydrogens is 515 g/mol. The lowest BCUT2D eigenvalue weighted by Gasteiger charge is -2.38. The summed E-state index contributed by atoms with van der Waals surface area (Å²) in [5.41, 5.74) is 2.76. The van der Waals surface area contributed by atoms with Crippen molar-refractivity contribution in [2.24, 2.45) is 5.92 Å². The average Bonchev–Trinajstić information content (AvgIpc) is 3.10. The third-order valence-corrected chi connectivity index (χ3v) is 8.96. The van der Waals surface area contributed by atoms with Crippen LogP contribution in [0.25, 0.3) is 0 Å². The van der Waals surface area contributed by atoms with E-state index in [4.69, 9.17) is 11.6 Å². The van der Waals surface area contributed by atoms with Gasteiger partial charge in [0.1, 0.15) is 5.82 Å². The molecule has 3 aromatic rings. The standard InChI is InChI=1S/C24H19BrClFN2O2S/c25-13-9-10-18-15(11-13)22-16(24(28-18)14-5-1-2-6-17(14)27)12-21(23(22)26)32-20-8-4-3-7-19(20)29(30)31/h1-11,16,21-24,28H,12H2/t16-,21+,22-,23-,24-/m0/s1. The molecule has 164 valence electrons. The summed E-state index contributed by atoms with van der Waals surface area (Å²) >= 11 is 12.1. The van der Waals surface area contributed by atoms with Crippen LogP contribution in [0.3, 0.4) is 0 Å². The van der Waals surface area contributed by atoms with E-state index in [9.17, 15) is 14.5 Å². The molecule has 1 N–H and O–H groups in total. The Kier molecular flexibility index (Phi) is 5.90. The molecule has 1 heterocycles. The number of rotatable bonds is 4. The van der Waals surface area contributed by atoms with Crippen molar-refractivity contribution >= 4 is 50.7 Å². The molecule has 1 aliphatic heterocycles. The highest BCUT2D eigenvalue weighted by molar-refractivity contribution is 9.10. The van der Waals surface area contributed by atoms with Crippen molar-refractivity contribution in [3.63, 3.8) is 0 Å². The fraction of sp³-hybridized carbons (Fsp3) is 0.250. The van der Waals surface area contributed by atoms with Crippen LogP contribution in [0.15, 0.2) is 76.1 Å². The maximum absolute atomic E-state index is 14.8. The molecule has 1 fully saturated rings. The fourth-order valence-corrected chi connectivity index (χ4v) is 7.32. The molecule has 32 heavy (non-hydrogen) atoms. The van der Waals surface area contributed by atoms with Crippen LogP contribution in [0.4, 0.5) is 15.8 Å². The van der Waals surface area contributed by atoms with Crippen molar-refractivity contribution < 1.29 is 9.31 Å². The minimum Gasteiger partial charge on any atom is -0.378 e. The summed E-state index contributed by atoms with van der Waals surface area (Å²) in [5.74, 6) is -0.197. The van der Waals surface area contributed by atoms with Gasteiger partial charge in [-0.1, -0.05) is 46.3 Å². The van der Waals surface area contributed by atoms with Crippen LogP contribution in [-0.4, -0.2) is 15.6 Å². The Balaban J connectivity index is 1.55. The van der Waals surface area contributed by atoms with Gasteiger partial charge in [-0.15, -0.1) is 23.4 Å². The number of halogens is 3. The predicted molar refractivity (Wildman–Crippen MR) is 130 cm³/mol. The molecule has 2 aliphatic rings. The van der Waals surface area contributed by atoms with Crippen LogP contribution < -0.4 is 5.32 Å². The third kappa shape index (κ3) is 3.80. The Morgan fingerprint density at radius 1 is 1.09 bits per heavy atom. The van der Waals surface area contributed by atoms with Crippen molar-refractivity contribution in [3.05, 3.63) is 98.3 Å². The first-order chi connectivity index (χ1) is 15.4. The van der Waals surface area contributed by atoms with Gasteiger partial charge in [0.15, 0.2) is 0 Å². The third-order valence-electron chi connectivity index (χ3n) is 6.36. The highest BCUT2D eigenvalue weighted by atomic mass is 79.9. The molecule has 1 saturated carbocycles. The van der Waals surface area contributed by atoms with Gasteiger partial charge in [-0.2, -0.15) is 0 Å². The summed E-state index contributed by atoms with van der Waals surface area (Å²) in [5, 5.41) is 14.8. The van der Waals surface area contributed by atoms with E-state index in [0.717, 1.165) is 15.7 Å². The number of nitro groups is 1. The second-order valence-corrected chi connectivity index (χ2v) is 10.8. The molecular formula is C24H19BrClFN2O2S. The summed E-state index contributed by atoms with van der Waals surface area (Å²) in [6.07, 6.45) is 0.716. The lowest BCUT2D eigenvalue weighted by molar-refractivity contribution is -0.387. The molecule has 0 saturated heterocycles. The van der Waals surface area contributed by atoms with Crippen LogP contribution in [0, 0.1) is 21.8 Å². The second-order valence-electron chi connectivity index (χ2n) is 8.13. The number of hydrogen-bond donors (Lipinski definition) is 1. The average molecular weight is 534 g/mol. The first kappa shape index (κ1) is 21.7. The lowest BCUT2D eigenvalue weighted by Crippen LogP contribution is -2.31. The molecule has 5 rings (SSSR count). The molecule has 0 bridgehead atoms. The zero-order chi connectivity index (χ0) is 22.4. The summed E-state index contributed by atoms with van der Waals surface area (Å²) in [6.45, 7) is 0. The number of anilines is 1. The molecule has 8 heteroatoms. The van der Waals surface area contributed by atoms with E-state index in [1.54, 1.807) is 24.3 Å². The van der Waals surface area contributed by atoms with E-state index in [2.05, 4.69) is 27.3 Å². The number of hydrogen-bond acceptors (Lipinski definition) is 4. The van der Waals surface area contributed by atoms with Gasteiger partial charge in [0.25, 0.3) is 5.69 Å². The number of thioether (sulfide) groups is 1. The monoisotopic (exact) mass is 532 g/mol. The molecule has 0 radical (unpaired) electrons. The number of nitrogens with zero attached hydrogens (tertiary/aromatic N) is 1. The van der Waals surface area contributed by atoms with Gasteiger partial charge in [-0.3, -0.25) is 10.1 Å². The molecule has 3 aromatic carbocycles. The summed E-state index contributed by atoms with van der Waals surface area (Å²) in [4.78, 5) is 11.8. The Bertz CT molecular complexity index is 1200. The quantitative estimate of drug-likeness (QED) is 0.214. The van der Waals surface area contributed by atoms with Crippen LogP contribution >= 0.6 is 39.3 Å². The van der Waals surface area contributed by atoms with Gasteiger partial charge in [0.05, 0.1) is 21.2 Å². The number of para-hydroxylation sites is 1. The van der Waals surface area contributed by atoms with Crippen LogP contribution in [0.2, 0.25) is 0 Å². The molecule has 5 atom stereocenters. The molecule has 1 aliphatic carbocycles. The Morgan fingerprint density at radius 3 is 2.62 bits per heavy atom. The summed E-state index contributed by atoms with van der Waals surface area (Å²) < 4.78 is 15.8. The second kappa shape index (κ2) is 8.69. The normalized spacial score (nSPS) is 26.2. The zero-order valence-corrected chi connectivity index (χ0v) is 19.9. The van der Waals surface area contributed by atoms with Crippen molar-refractivity contribution in [1.29, 1.82) is 0 Å². The highest BCUT2D eigenvalue weighted by Gasteiger charge is 2.50. The SMILES string of the molecule is O=[N+]([O-])c1ccccc1S[C@@H]1C[C@H]2[C@H](c3cc(Br)ccc3N[C@H]2c2ccccc2F)[C@H]1Cl. The summed E-state index contributed by atoms with van der Waals surface area (Å²) in [6, 6.07) is 19.4. The molecule has 0 spiro atoms. The maximum Gasteiger partial charge on any atom is 0.282 e. The van der Waals surface area contributed by atoms with Crippen molar-refractivity contribution in [2.45, 2.75) is 33.9 Å². The van der Waals surface area contributed by atoms with E-state index in [-0.39, 0.29) is 44.9 Å². The van der Waals surface area contributed by atoms with Gasteiger partial charge < -0.3 is 5.32 Å². The van der Waals surface area contributed by atoms with Crippen molar-refractivity contribution in [3.8, 4) is 0 Å². The maximum atomic E-state index is 14.8. The van der Waals surface area contributed by atoms with Gasteiger partial charge in [0.2, 0.25) is 0 Å². The van der Waals surface area contributed by atoms with E-state index in [1.165, 1.54) is 23.9 Å². The minimum absolute atomic E-state index is 0.00436. The Labute approximate surface area is 202 Å². The number of benzene rings is 3. The van der Waals surface area contributed by atoms with Crippen molar-refractivity contribution in [1.82, 2.24) is 0 Å². The van der Waals surface area contributed by atoms with Crippen LogP contribution in [-0.2, 0) is 0 Å². The topological polar surface area (TPSA) is 55.2 Å².